The van der Waals surface area contributed by atoms with Crippen LogP contribution in [0.5, 0.6) is 0 Å². The molecule has 0 saturated heterocycles. The van der Waals surface area contributed by atoms with Crippen LogP contribution in [0.15, 0.2) is 0 Å². The molecule has 1 fully saturated rings. The van der Waals surface area contributed by atoms with E-state index in [1.165, 1.54) is 12.8 Å². The van der Waals surface area contributed by atoms with E-state index in [0.29, 0.717) is 6.54 Å². The van der Waals surface area contributed by atoms with Gasteiger partial charge in [0.2, 0.25) is 0 Å². The van der Waals surface area contributed by atoms with Crippen LogP contribution in [0, 0.1) is 0 Å². The first-order valence-corrected chi connectivity index (χ1v) is 5.29. The molecule has 0 aromatic carbocycles. The molecule has 3 nitrogen and oxygen atoms in total. The van der Waals surface area contributed by atoms with Crippen LogP contribution in [0.4, 0.5) is 0 Å². The molecule has 0 aromatic heterocycles. The Bertz CT molecular complexity index is 139. The number of hydrogen-bond acceptors (Lipinski definition) is 3. The molecule has 3 unspecified atom stereocenters. The second kappa shape index (κ2) is 5.58. The predicted molar refractivity (Wildman–Crippen MR) is 52.6 cm³/mol. The fourth-order valence-electron chi connectivity index (χ4n) is 1.85. The van der Waals surface area contributed by atoms with E-state index in [1.54, 1.807) is 6.92 Å². The van der Waals surface area contributed by atoms with Crippen molar-refractivity contribution in [2.45, 2.75) is 57.3 Å². The summed E-state index contributed by atoms with van der Waals surface area (Å²) in [4.78, 5) is 0. The first-order valence-electron chi connectivity index (χ1n) is 5.29. The lowest BCUT2D eigenvalue weighted by molar-refractivity contribution is 0.108. The van der Waals surface area contributed by atoms with E-state index < -0.39 is 0 Å². The van der Waals surface area contributed by atoms with Crippen molar-refractivity contribution in [3.05, 3.63) is 0 Å². The molecule has 13 heavy (non-hydrogen) atoms. The van der Waals surface area contributed by atoms with E-state index in [1.807, 2.05) is 0 Å². The quantitative estimate of drug-likeness (QED) is 0.569. The number of rotatable bonds is 3. The van der Waals surface area contributed by atoms with Gasteiger partial charge in [0.15, 0.2) is 0 Å². The van der Waals surface area contributed by atoms with E-state index in [9.17, 15) is 5.11 Å². The molecular weight excluding hydrogens is 166 g/mol. The van der Waals surface area contributed by atoms with Gasteiger partial charge >= 0.3 is 0 Å². The minimum Gasteiger partial charge on any atom is -0.392 e. The SMILES string of the molecule is CC(O)CNC1CCCCCC1O. The molecule has 1 rings (SSSR count). The van der Waals surface area contributed by atoms with E-state index in [4.69, 9.17) is 5.11 Å². The Hall–Kier alpha value is -0.120. The maximum Gasteiger partial charge on any atom is 0.0693 e. The zero-order valence-corrected chi connectivity index (χ0v) is 8.37. The van der Waals surface area contributed by atoms with Gasteiger partial charge in [-0.3, -0.25) is 0 Å². The summed E-state index contributed by atoms with van der Waals surface area (Å²) >= 11 is 0. The van der Waals surface area contributed by atoms with Gasteiger partial charge in [-0.2, -0.15) is 0 Å². The summed E-state index contributed by atoms with van der Waals surface area (Å²) in [6.45, 7) is 2.35. The van der Waals surface area contributed by atoms with Crippen LogP contribution < -0.4 is 5.32 Å². The lowest BCUT2D eigenvalue weighted by atomic mass is 10.1. The van der Waals surface area contributed by atoms with Gasteiger partial charge in [-0.1, -0.05) is 19.3 Å². The van der Waals surface area contributed by atoms with Crippen LogP contribution >= 0.6 is 0 Å². The average Bonchev–Trinajstić information content (AvgIpc) is 2.27. The zero-order chi connectivity index (χ0) is 9.68. The largest absolute Gasteiger partial charge is 0.392 e. The molecule has 3 atom stereocenters. The highest BCUT2D eigenvalue weighted by Gasteiger charge is 2.20. The summed E-state index contributed by atoms with van der Waals surface area (Å²) < 4.78 is 0. The van der Waals surface area contributed by atoms with Crippen molar-refractivity contribution in [2.75, 3.05) is 6.54 Å². The summed E-state index contributed by atoms with van der Waals surface area (Å²) in [6, 6.07) is 0.192. The number of aliphatic hydroxyl groups is 2. The number of aliphatic hydroxyl groups excluding tert-OH is 2. The summed E-state index contributed by atoms with van der Waals surface area (Å²) in [5.74, 6) is 0. The van der Waals surface area contributed by atoms with Crippen LogP contribution in [0.2, 0.25) is 0 Å². The van der Waals surface area contributed by atoms with Crippen molar-refractivity contribution in [3.8, 4) is 0 Å². The third-order valence-corrected chi connectivity index (χ3v) is 2.65. The minimum atomic E-state index is -0.324. The molecule has 0 aliphatic heterocycles. The van der Waals surface area contributed by atoms with Gasteiger partial charge in [0.1, 0.15) is 0 Å². The molecule has 0 amide bonds. The van der Waals surface area contributed by atoms with Gasteiger partial charge in [-0.15, -0.1) is 0 Å². The molecule has 0 radical (unpaired) electrons. The predicted octanol–water partition coefficient (Wildman–Crippen LogP) is 0.650. The van der Waals surface area contributed by atoms with Gasteiger partial charge < -0.3 is 15.5 Å². The molecule has 78 valence electrons. The Morgan fingerprint density at radius 3 is 2.69 bits per heavy atom. The Morgan fingerprint density at radius 1 is 1.31 bits per heavy atom. The molecule has 3 heteroatoms. The van der Waals surface area contributed by atoms with Crippen molar-refractivity contribution in [1.29, 1.82) is 0 Å². The Balaban J connectivity index is 2.27. The second-order valence-corrected chi connectivity index (χ2v) is 4.07. The normalized spacial score (nSPS) is 32.5. The standard InChI is InChI=1S/C10H21NO2/c1-8(12)7-11-9-5-3-2-4-6-10(9)13/h8-13H,2-7H2,1H3. The topological polar surface area (TPSA) is 52.5 Å². The maximum atomic E-state index is 9.72. The van der Waals surface area contributed by atoms with Crippen LogP contribution in [0.25, 0.3) is 0 Å². The molecule has 1 saturated carbocycles. The molecular formula is C10H21NO2. The maximum absolute atomic E-state index is 9.72. The fraction of sp³-hybridized carbons (Fsp3) is 1.00. The highest BCUT2D eigenvalue weighted by Crippen LogP contribution is 2.17. The fourth-order valence-corrected chi connectivity index (χ4v) is 1.85. The average molecular weight is 187 g/mol. The van der Waals surface area contributed by atoms with Crippen LogP contribution in [0.3, 0.4) is 0 Å². The molecule has 3 N–H and O–H groups in total. The van der Waals surface area contributed by atoms with Gasteiger partial charge in [-0.05, 0) is 19.8 Å². The summed E-state index contributed by atoms with van der Waals surface area (Å²) in [5.41, 5.74) is 0. The molecule has 0 aromatic rings. The summed E-state index contributed by atoms with van der Waals surface area (Å²) in [6.07, 6.45) is 4.94. The molecule has 0 bridgehead atoms. The molecule has 0 heterocycles. The van der Waals surface area contributed by atoms with Crippen LogP contribution in [-0.4, -0.2) is 35.0 Å². The molecule has 1 aliphatic rings. The smallest absolute Gasteiger partial charge is 0.0693 e. The summed E-state index contributed by atoms with van der Waals surface area (Å²) in [7, 11) is 0. The van der Waals surface area contributed by atoms with Crippen LogP contribution in [-0.2, 0) is 0 Å². The number of hydrogen-bond donors (Lipinski definition) is 3. The van der Waals surface area contributed by atoms with Crippen molar-refractivity contribution in [3.63, 3.8) is 0 Å². The van der Waals surface area contributed by atoms with Gasteiger partial charge in [-0.25, -0.2) is 0 Å². The highest BCUT2D eigenvalue weighted by molar-refractivity contribution is 4.79. The van der Waals surface area contributed by atoms with E-state index in [2.05, 4.69) is 5.32 Å². The van der Waals surface area contributed by atoms with E-state index in [0.717, 1.165) is 19.3 Å². The Labute approximate surface area is 80.2 Å². The number of nitrogens with one attached hydrogen (secondary N) is 1. The lowest BCUT2D eigenvalue weighted by Crippen LogP contribution is -2.42. The minimum absolute atomic E-state index is 0.192. The third-order valence-electron chi connectivity index (χ3n) is 2.65. The van der Waals surface area contributed by atoms with E-state index >= 15 is 0 Å². The van der Waals surface area contributed by atoms with Crippen molar-refractivity contribution < 1.29 is 10.2 Å². The van der Waals surface area contributed by atoms with Crippen molar-refractivity contribution in [2.24, 2.45) is 0 Å². The first kappa shape index (κ1) is 11.0. The highest BCUT2D eigenvalue weighted by atomic mass is 16.3. The van der Waals surface area contributed by atoms with Crippen LogP contribution in [0.1, 0.15) is 39.0 Å². The second-order valence-electron chi connectivity index (χ2n) is 4.07. The Morgan fingerprint density at radius 2 is 2.00 bits per heavy atom. The summed E-state index contributed by atoms with van der Waals surface area (Å²) in [5, 5.41) is 22.0. The van der Waals surface area contributed by atoms with Gasteiger partial charge in [0, 0.05) is 12.6 Å². The first-order chi connectivity index (χ1) is 6.20. The monoisotopic (exact) mass is 187 g/mol. The molecule has 0 spiro atoms. The molecule has 1 aliphatic carbocycles. The van der Waals surface area contributed by atoms with Crippen molar-refractivity contribution in [1.82, 2.24) is 5.32 Å². The van der Waals surface area contributed by atoms with E-state index in [-0.39, 0.29) is 18.2 Å². The third kappa shape index (κ3) is 4.07. The lowest BCUT2D eigenvalue weighted by Gasteiger charge is -2.22. The van der Waals surface area contributed by atoms with Gasteiger partial charge in [0.05, 0.1) is 12.2 Å². The zero-order valence-electron chi connectivity index (χ0n) is 8.37. The van der Waals surface area contributed by atoms with Gasteiger partial charge in [0.25, 0.3) is 0 Å². The Kier molecular flexibility index (Phi) is 4.70. The van der Waals surface area contributed by atoms with Crippen molar-refractivity contribution >= 4 is 0 Å².